The van der Waals surface area contributed by atoms with Crippen LogP contribution in [0.2, 0.25) is 0 Å². The second-order valence-corrected chi connectivity index (χ2v) is 8.17. The Hall–Kier alpha value is -1.53. The van der Waals surface area contributed by atoms with Crippen LogP contribution < -0.4 is 5.32 Å². The first-order chi connectivity index (χ1) is 11.7. The molecule has 0 spiro atoms. The van der Waals surface area contributed by atoms with Gasteiger partial charge in [-0.15, -0.1) is 11.8 Å². The molecule has 1 aliphatic carbocycles. The average Bonchev–Trinajstić information content (AvgIpc) is 3.40. The molecule has 1 saturated carbocycles. The second-order valence-electron chi connectivity index (χ2n) is 6.92. The summed E-state index contributed by atoms with van der Waals surface area (Å²) in [5.41, 5.74) is 0.852. The zero-order valence-corrected chi connectivity index (χ0v) is 14.6. The Morgan fingerprint density at radius 2 is 1.92 bits per heavy atom. The van der Waals surface area contributed by atoms with Crippen LogP contribution in [0, 0.1) is 5.92 Å². The van der Waals surface area contributed by atoms with Gasteiger partial charge in [0.05, 0.1) is 10.9 Å². The highest BCUT2D eigenvalue weighted by molar-refractivity contribution is 8.01. The zero-order valence-electron chi connectivity index (χ0n) is 13.7. The highest BCUT2D eigenvalue weighted by atomic mass is 32.2. The third-order valence-electron chi connectivity index (χ3n) is 5.00. The fourth-order valence-electron chi connectivity index (χ4n) is 3.36. The van der Waals surface area contributed by atoms with Gasteiger partial charge in [-0.2, -0.15) is 0 Å². The summed E-state index contributed by atoms with van der Waals surface area (Å²) in [6, 6.07) is 7.76. The number of thioether (sulfide) groups is 1. The van der Waals surface area contributed by atoms with Crippen LogP contribution in [0.3, 0.4) is 0 Å². The van der Waals surface area contributed by atoms with Crippen molar-refractivity contribution in [1.29, 1.82) is 0 Å². The van der Waals surface area contributed by atoms with Crippen molar-refractivity contribution in [2.24, 2.45) is 5.92 Å². The van der Waals surface area contributed by atoms with Crippen LogP contribution in [-0.2, 0) is 9.59 Å². The third kappa shape index (κ3) is 3.59. The van der Waals surface area contributed by atoms with Gasteiger partial charge in [-0.05, 0) is 30.9 Å². The van der Waals surface area contributed by atoms with Crippen LogP contribution in [0.25, 0.3) is 0 Å². The lowest BCUT2D eigenvalue weighted by atomic mass is 10.2. The normalized spacial score (nSPS) is 24.4. The Morgan fingerprint density at radius 1 is 1.17 bits per heavy atom. The van der Waals surface area contributed by atoms with Crippen molar-refractivity contribution in [3.63, 3.8) is 0 Å². The largest absolute Gasteiger partial charge is 0.340 e. The van der Waals surface area contributed by atoms with Gasteiger partial charge in [-0.1, -0.05) is 12.1 Å². The molecule has 1 saturated heterocycles. The van der Waals surface area contributed by atoms with Gasteiger partial charge in [0.25, 0.3) is 0 Å². The number of fused-ring (bicyclic) bond motifs is 1. The fraction of sp³-hybridized carbons (Fsp3) is 0.556. The lowest BCUT2D eigenvalue weighted by molar-refractivity contribution is -0.134. The first kappa shape index (κ1) is 16.0. The van der Waals surface area contributed by atoms with Crippen molar-refractivity contribution in [1.82, 2.24) is 9.80 Å². The summed E-state index contributed by atoms with van der Waals surface area (Å²) in [6.45, 7) is 4.71. The van der Waals surface area contributed by atoms with Crippen LogP contribution in [0.1, 0.15) is 19.3 Å². The number of hydrogen-bond acceptors (Lipinski definition) is 4. The number of nitrogens with one attached hydrogen (secondary N) is 1. The summed E-state index contributed by atoms with van der Waals surface area (Å²) in [5.74, 6) is 0.946. The average molecular weight is 345 g/mol. The van der Waals surface area contributed by atoms with Crippen LogP contribution >= 0.6 is 11.8 Å². The molecule has 2 heterocycles. The number of amides is 2. The number of hydrogen-bond donors (Lipinski definition) is 1. The van der Waals surface area contributed by atoms with E-state index < -0.39 is 0 Å². The maximum atomic E-state index is 12.6. The number of benzene rings is 1. The lowest BCUT2D eigenvalue weighted by Crippen LogP contribution is -2.50. The van der Waals surface area contributed by atoms with E-state index in [0.717, 1.165) is 42.7 Å². The highest BCUT2D eigenvalue weighted by Crippen LogP contribution is 2.37. The van der Waals surface area contributed by atoms with Crippen molar-refractivity contribution < 1.29 is 9.59 Å². The van der Waals surface area contributed by atoms with E-state index in [1.165, 1.54) is 31.1 Å². The summed E-state index contributed by atoms with van der Waals surface area (Å²) in [5, 5.41) is 2.59. The summed E-state index contributed by atoms with van der Waals surface area (Å²) in [6.07, 6.45) is 3.02. The molecular weight excluding hydrogens is 322 g/mol. The number of piperazine rings is 1. The Morgan fingerprint density at radius 3 is 2.67 bits per heavy atom. The first-order valence-corrected chi connectivity index (χ1v) is 9.64. The number of carbonyl (C=O) groups excluding carboxylic acids is 2. The van der Waals surface area contributed by atoms with Gasteiger partial charge in [-0.3, -0.25) is 14.5 Å². The maximum Gasteiger partial charge on any atom is 0.238 e. The quantitative estimate of drug-likeness (QED) is 0.907. The van der Waals surface area contributed by atoms with Gasteiger partial charge in [0, 0.05) is 44.0 Å². The van der Waals surface area contributed by atoms with Gasteiger partial charge in [0.15, 0.2) is 0 Å². The topological polar surface area (TPSA) is 52.7 Å². The molecule has 1 atom stereocenters. The Kier molecular flexibility index (Phi) is 4.50. The highest BCUT2D eigenvalue weighted by Gasteiger charge is 2.32. The minimum Gasteiger partial charge on any atom is -0.340 e. The Bertz CT molecular complexity index is 639. The molecule has 2 aliphatic heterocycles. The SMILES string of the molecule is O=C1Nc2ccccc2S[C@H]1CC(=O)N1CCN(CC2CC2)CC1. The molecule has 3 aliphatic rings. The van der Waals surface area contributed by atoms with Crippen LogP contribution in [0.4, 0.5) is 5.69 Å². The number of para-hydroxylation sites is 1. The maximum absolute atomic E-state index is 12.6. The molecule has 0 unspecified atom stereocenters. The molecule has 0 aromatic heterocycles. The van der Waals surface area contributed by atoms with E-state index in [1.54, 1.807) is 0 Å². The molecule has 1 aromatic carbocycles. The van der Waals surface area contributed by atoms with Gasteiger partial charge < -0.3 is 10.2 Å². The monoisotopic (exact) mass is 345 g/mol. The predicted octanol–water partition coefficient (Wildman–Crippen LogP) is 2.04. The van der Waals surface area contributed by atoms with E-state index in [4.69, 9.17) is 0 Å². The van der Waals surface area contributed by atoms with Gasteiger partial charge in [-0.25, -0.2) is 0 Å². The summed E-state index contributed by atoms with van der Waals surface area (Å²) < 4.78 is 0. The van der Waals surface area contributed by atoms with E-state index in [2.05, 4.69) is 10.2 Å². The molecule has 4 rings (SSSR count). The van der Waals surface area contributed by atoms with Crippen molar-refractivity contribution in [3.8, 4) is 0 Å². The van der Waals surface area contributed by atoms with Crippen molar-refractivity contribution in [3.05, 3.63) is 24.3 Å². The minimum atomic E-state index is -0.322. The van der Waals surface area contributed by atoms with Crippen LogP contribution in [0.5, 0.6) is 0 Å². The number of rotatable bonds is 4. The molecule has 5 nitrogen and oxygen atoms in total. The summed E-state index contributed by atoms with van der Waals surface area (Å²) >= 11 is 1.50. The van der Waals surface area contributed by atoms with Gasteiger partial charge in [0.1, 0.15) is 0 Å². The first-order valence-electron chi connectivity index (χ1n) is 8.76. The molecule has 2 fully saturated rings. The molecule has 1 aromatic rings. The second kappa shape index (κ2) is 6.76. The van der Waals surface area contributed by atoms with E-state index in [-0.39, 0.29) is 23.5 Å². The molecule has 128 valence electrons. The van der Waals surface area contributed by atoms with Crippen molar-refractivity contribution >= 4 is 29.3 Å². The third-order valence-corrected chi connectivity index (χ3v) is 6.28. The van der Waals surface area contributed by atoms with E-state index in [0.29, 0.717) is 0 Å². The number of carbonyl (C=O) groups is 2. The van der Waals surface area contributed by atoms with Crippen LogP contribution in [0.15, 0.2) is 29.2 Å². The molecule has 0 bridgehead atoms. The minimum absolute atomic E-state index is 0.0561. The summed E-state index contributed by atoms with van der Waals surface area (Å²) in [7, 11) is 0. The molecule has 6 heteroatoms. The smallest absolute Gasteiger partial charge is 0.238 e. The molecular formula is C18H23N3O2S. The number of nitrogens with zero attached hydrogens (tertiary/aromatic N) is 2. The Labute approximate surface area is 146 Å². The van der Waals surface area contributed by atoms with Crippen LogP contribution in [-0.4, -0.2) is 59.6 Å². The van der Waals surface area contributed by atoms with Crippen molar-refractivity contribution in [2.75, 3.05) is 38.0 Å². The van der Waals surface area contributed by atoms with E-state index in [9.17, 15) is 9.59 Å². The zero-order chi connectivity index (χ0) is 16.5. The molecule has 2 amide bonds. The van der Waals surface area contributed by atoms with Gasteiger partial charge in [0.2, 0.25) is 11.8 Å². The standard InChI is InChI=1S/C18H23N3O2S/c22-17(21-9-7-20(8-10-21)12-13-5-6-13)11-16-18(23)19-14-3-1-2-4-15(14)24-16/h1-4,13,16H,5-12H2,(H,19,23)/t16-/m0/s1. The Balaban J connectivity index is 1.30. The van der Waals surface area contributed by atoms with E-state index in [1.807, 2.05) is 29.2 Å². The molecule has 0 radical (unpaired) electrons. The van der Waals surface area contributed by atoms with Gasteiger partial charge >= 0.3 is 0 Å². The fourth-order valence-corrected chi connectivity index (χ4v) is 4.46. The van der Waals surface area contributed by atoms with Crippen molar-refractivity contribution in [2.45, 2.75) is 29.4 Å². The lowest BCUT2D eigenvalue weighted by Gasteiger charge is -2.35. The summed E-state index contributed by atoms with van der Waals surface area (Å²) in [4.78, 5) is 30.3. The molecule has 24 heavy (non-hydrogen) atoms. The number of anilines is 1. The molecule has 1 N–H and O–H groups in total. The van der Waals surface area contributed by atoms with E-state index >= 15 is 0 Å². The predicted molar refractivity (Wildman–Crippen MR) is 95.1 cm³/mol.